The van der Waals surface area contributed by atoms with Gasteiger partial charge >= 0.3 is 11.9 Å². The molecule has 0 amide bonds. The monoisotopic (exact) mass is 491 g/mol. The van der Waals surface area contributed by atoms with E-state index in [1.165, 1.54) is 30.3 Å². The van der Waals surface area contributed by atoms with Gasteiger partial charge in [0.25, 0.3) is 10.0 Å². The molecule has 0 saturated carbocycles. The zero-order valence-electron chi connectivity index (χ0n) is 18.9. The van der Waals surface area contributed by atoms with Crippen molar-refractivity contribution < 1.29 is 32.3 Å². The van der Waals surface area contributed by atoms with E-state index in [9.17, 15) is 22.8 Å². The van der Waals surface area contributed by atoms with E-state index < -0.39 is 40.0 Å². The molecule has 0 spiro atoms. The van der Waals surface area contributed by atoms with Crippen LogP contribution in [0, 0.1) is 6.92 Å². The van der Waals surface area contributed by atoms with Crippen LogP contribution in [0.15, 0.2) is 89.5 Å². The van der Waals surface area contributed by atoms with E-state index >= 15 is 0 Å². The van der Waals surface area contributed by atoms with Crippen LogP contribution < -0.4 is 0 Å². The Morgan fingerprint density at radius 1 is 0.829 bits per heavy atom. The lowest BCUT2D eigenvalue weighted by Crippen LogP contribution is -2.42. The van der Waals surface area contributed by atoms with Crippen molar-refractivity contribution in [3.63, 3.8) is 0 Å². The molecule has 0 aromatic heterocycles. The van der Waals surface area contributed by atoms with Crippen molar-refractivity contribution in [2.75, 3.05) is 13.7 Å². The Balaban J connectivity index is 1.96. The summed E-state index contributed by atoms with van der Waals surface area (Å²) >= 11 is 0. The molecule has 178 valence electrons. The van der Waals surface area contributed by atoms with Gasteiger partial charge in [-0.1, -0.05) is 60.2 Å². The second-order valence-corrected chi connectivity index (χ2v) is 9.54. The van der Waals surface area contributed by atoms with Crippen LogP contribution in [0.1, 0.15) is 31.8 Å². The van der Waals surface area contributed by atoms with Gasteiger partial charge in [-0.15, -0.1) is 0 Å². The quantitative estimate of drug-likeness (QED) is 0.383. The summed E-state index contributed by atoms with van der Waals surface area (Å²) in [4.78, 5) is 38.7. The minimum atomic E-state index is -4.37. The Morgan fingerprint density at radius 2 is 1.46 bits per heavy atom. The third-order valence-electron chi connectivity index (χ3n) is 5.40. The predicted molar refractivity (Wildman–Crippen MR) is 127 cm³/mol. The molecule has 35 heavy (non-hydrogen) atoms. The van der Waals surface area contributed by atoms with E-state index in [4.69, 9.17) is 4.74 Å². The predicted octanol–water partition coefficient (Wildman–Crippen LogP) is 3.58. The summed E-state index contributed by atoms with van der Waals surface area (Å²) in [5, 5.41) is 0. The minimum absolute atomic E-state index is 0.0355. The highest BCUT2D eigenvalue weighted by molar-refractivity contribution is 7.89. The molecular formula is C26H21NO7S. The lowest BCUT2D eigenvalue weighted by molar-refractivity contribution is -0.140. The summed E-state index contributed by atoms with van der Waals surface area (Å²) in [6, 6.07) is 20.3. The second-order valence-electron chi connectivity index (χ2n) is 7.71. The number of hydrogen-bond acceptors (Lipinski definition) is 7. The van der Waals surface area contributed by atoms with Crippen molar-refractivity contribution in [3.8, 4) is 0 Å². The van der Waals surface area contributed by atoms with Gasteiger partial charge in [-0.05, 0) is 31.2 Å². The number of ether oxygens (including phenoxy) is 2. The summed E-state index contributed by atoms with van der Waals surface area (Å²) < 4.78 is 38.1. The van der Waals surface area contributed by atoms with Crippen LogP contribution in [-0.4, -0.2) is 44.1 Å². The maximum absolute atomic E-state index is 13.6. The zero-order chi connectivity index (χ0) is 25.2. The summed E-state index contributed by atoms with van der Waals surface area (Å²) in [5.41, 5.74) is 0.865. The van der Waals surface area contributed by atoms with Gasteiger partial charge < -0.3 is 9.47 Å². The average Bonchev–Trinajstić information content (AvgIpc) is 2.87. The number of fused-ring (bicyclic) bond motifs is 1. The molecule has 3 aromatic rings. The van der Waals surface area contributed by atoms with E-state index in [1.807, 2.05) is 6.92 Å². The van der Waals surface area contributed by atoms with Gasteiger partial charge in [0.1, 0.15) is 12.2 Å². The topological polar surface area (TPSA) is 107 Å². The lowest BCUT2D eigenvalue weighted by Gasteiger charge is -2.32. The minimum Gasteiger partial charge on any atom is -0.468 e. The number of allylic oxidation sites excluding steroid dienone is 1. The van der Waals surface area contributed by atoms with E-state index in [0.29, 0.717) is 4.31 Å². The van der Waals surface area contributed by atoms with Crippen LogP contribution in [0.4, 0.5) is 0 Å². The second kappa shape index (κ2) is 9.55. The number of Topliss-reactive ketones (excluding diaryl/α,β-unsaturated/α-hetero) is 1. The van der Waals surface area contributed by atoms with Gasteiger partial charge in [0, 0.05) is 11.1 Å². The largest absolute Gasteiger partial charge is 0.468 e. The summed E-state index contributed by atoms with van der Waals surface area (Å²) in [5.74, 6) is -2.68. The molecule has 0 fully saturated rings. The zero-order valence-corrected chi connectivity index (χ0v) is 19.7. The van der Waals surface area contributed by atoms with Crippen molar-refractivity contribution in [2.45, 2.75) is 11.8 Å². The third kappa shape index (κ3) is 4.58. The molecule has 0 unspecified atom stereocenters. The number of benzene rings is 3. The molecule has 8 nitrogen and oxygen atoms in total. The van der Waals surface area contributed by atoms with Crippen molar-refractivity contribution in [2.24, 2.45) is 0 Å². The molecule has 0 bridgehead atoms. The highest BCUT2D eigenvalue weighted by Gasteiger charge is 2.43. The molecule has 0 saturated heterocycles. The van der Waals surface area contributed by atoms with Crippen LogP contribution in [0.2, 0.25) is 0 Å². The van der Waals surface area contributed by atoms with E-state index in [0.717, 1.165) is 12.7 Å². The van der Waals surface area contributed by atoms with Crippen molar-refractivity contribution in [1.82, 2.24) is 4.31 Å². The molecule has 1 aliphatic heterocycles. The van der Waals surface area contributed by atoms with E-state index in [2.05, 4.69) is 4.74 Å². The number of esters is 2. The summed E-state index contributed by atoms with van der Waals surface area (Å²) in [7, 11) is -3.26. The fourth-order valence-corrected chi connectivity index (χ4v) is 5.20. The van der Waals surface area contributed by atoms with Crippen molar-refractivity contribution in [3.05, 3.63) is 107 Å². The first-order valence-corrected chi connectivity index (χ1v) is 12.0. The first-order valence-electron chi connectivity index (χ1n) is 10.6. The van der Waals surface area contributed by atoms with Crippen LogP contribution in [0.5, 0.6) is 0 Å². The number of ketones is 1. The molecule has 0 aliphatic carbocycles. The molecule has 0 atom stereocenters. The Morgan fingerprint density at radius 3 is 2.11 bits per heavy atom. The number of sulfonamides is 1. The molecular weight excluding hydrogens is 470 g/mol. The Labute approximate surface area is 202 Å². The van der Waals surface area contributed by atoms with Crippen molar-refractivity contribution >= 4 is 33.5 Å². The summed E-state index contributed by atoms with van der Waals surface area (Å²) in [6.45, 7) is 1.08. The van der Waals surface area contributed by atoms with Gasteiger partial charge in [0.2, 0.25) is 5.78 Å². The van der Waals surface area contributed by atoms with Gasteiger partial charge in [0.05, 0.1) is 17.6 Å². The number of aryl methyl sites for hydroxylation is 1. The van der Waals surface area contributed by atoms with E-state index in [-0.39, 0.29) is 27.3 Å². The van der Waals surface area contributed by atoms with Crippen LogP contribution in [0.3, 0.4) is 0 Å². The maximum Gasteiger partial charge on any atom is 0.343 e. The molecule has 1 aliphatic rings. The number of carbonyl (C=O) groups is 3. The highest BCUT2D eigenvalue weighted by Crippen LogP contribution is 2.39. The van der Waals surface area contributed by atoms with Gasteiger partial charge in [-0.3, -0.25) is 9.59 Å². The highest BCUT2D eigenvalue weighted by atomic mass is 32.2. The molecule has 0 radical (unpaired) electrons. The Hall–Kier alpha value is -4.24. The SMILES string of the molecule is COC(=O)CN1C(C(=O)c2ccccc2)=C(OC(=O)c2ccc(C)cc2)c2ccccc2S1(=O)=O. The summed E-state index contributed by atoms with van der Waals surface area (Å²) in [6.07, 6.45) is 0. The van der Waals surface area contributed by atoms with Crippen LogP contribution in [0.25, 0.3) is 5.76 Å². The first-order chi connectivity index (χ1) is 16.7. The lowest BCUT2D eigenvalue weighted by atomic mass is 10.0. The fraction of sp³-hybridized carbons (Fsp3) is 0.115. The molecule has 9 heteroatoms. The van der Waals surface area contributed by atoms with Gasteiger partial charge in [-0.2, -0.15) is 0 Å². The first kappa shape index (κ1) is 23.9. The smallest absolute Gasteiger partial charge is 0.343 e. The van der Waals surface area contributed by atoms with Crippen molar-refractivity contribution in [1.29, 1.82) is 0 Å². The van der Waals surface area contributed by atoms with Gasteiger partial charge in [-0.25, -0.2) is 17.5 Å². The standard InChI is InChI=1S/C26H21NO7S/c1-17-12-14-19(15-13-17)26(30)34-25-20-10-6-7-11-21(20)35(31,32)27(16-22(28)33-2)23(25)24(29)18-8-4-3-5-9-18/h3-15H,16H2,1-2H3. The molecule has 3 aromatic carbocycles. The number of rotatable bonds is 6. The van der Waals surface area contributed by atoms with E-state index in [1.54, 1.807) is 48.5 Å². The Kier molecular flexibility index (Phi) is 6.52. The number of methoxy groups -OCH3 is 1. The number of nitrogens with zero attached hydrogens (tertiary/aromatic N) is 1. The maximum atomic E-state index is 13.6. The third-order valence-corrected chi connectivity index (χ3v) is 7.20. The fourth-order valence-electron chi connectivity index (χ4n) is 3.59. The van der Waals surface area contributed by atoms with Gasteiger partial charge in [0.15, 0.2) is 5.76 Å². The Bertz CT molecular complexity index is 1440. The normalized spacial score (nSPS) is 14.2. The number of carbonyl (C=O) groups excluding carboxylic acids is 3. The molecule has 0 N–H and O–H groups in total. The molecule has 4 rings (SSSR count). The average molecular weight is 492 g/mol. The van der Waals surface area contributed by atoms with Crippen LogP contribution in [-0.2, 0) is 24.3 Å². The molecule has 1 heterocycles. The number of hydrogen-bond donors (Lipinski definition) is 0. The van der Waals surface area contributed by atoms with Crippen LogP contribution >= 0.6 is 0 Å².